The molecule has 0 spiro atoms. The van der Waals surface area contributed by atoms with Gasteiger partial charge in [-0.2, -0.15) is 0 Å². The van der Waals surface area contributed by atoms with Gasteiger partial charge in [0.25, 0.3) is 5.91 Å². The average Bonchev–Trinajstić information content (AvgIpc) is 3.03. The fourth-order valence-electron chi connectivity index (χ4n) is 3.17. The van der Waals surface area contributed by atoms with Crippen molar-refractivity contribution in [3.8, 4) is 5.75 Å². The van der Waals surface area contributed by atoms with Gasteiger partial charge in [-0.1, -0.05) is 54.6 Å². The number of hydrogen-bond acceptors (Lipinski definition) is 3. The Balaban J connectivity index is 1.54. The first kappa shape index (κ1) is 20.3. The van der Waals surface area contributed by atoms with Gasteiger partial charge in [-0.3, -0.25) is 9.69 Å². The van der Waals surface area contributed by atoms with Crippen LogP contribution in [0.25, 0.3) is 6.08 Å². The fourth-order valence-corrected chi connectivity index (χ4v) is 3.17. The second-order valence-electron chi connectivity index (χ2n) is 6.89. The number of benzene rings is 3. The van der Waals surface area contributed by atoms with Gasteiger partial charge in [0.05, 0.1) is 6.54 Å². The molecule has 31 heavy (non-hydrogen) atoms. The standard InChI is InChI=1S/C24H18F2N2O3/c25-19-10-4-1-8-17(19)14-28-23(29)21(27-24(28)30)13-16-7-3-6-12-22(16)31-15-18-9-2-5-11-20(18)26/h1-13H,14-15H2,(H,27,30). The molecule has 1 fully saturated rings. The minimum absolute atomic E-state index is 0.00652. The molecule has 1 aliphatic rings. The molecule has 0 saturated carbocycles. The second-order valence-corrected chi connectivity index (χ2v) is 6.89. The molecule has 0 atom stereocenters. The molecule has 3 aromatic rings. The van der Waals surface area contributed by atoms with E-state index in [4.69, 9.17) is 4.74 Å². The summed E-state index contributed by atoms with van der Waals surface area (Å²) in [7, 11) is 0. The summed E-state index contributed by atoms with van der Waals surface area (Å²) >= 11 is 0. The van der Waals surface area contributed by atoms with E-state index < -0.39 is 17.8 Å². The van der Waals surface area contributed by atoms with Crippen LogP contribution in [0.1, 0.15) is 16.7 Å². The molecule has 3 aromatic carbocycles. The Morgan fingerprint density at radius 3 is 2.16 bits per heavy atom. The van der Waals surface area contributed by atoms with E-state index in [2.05, 4.69) is 5.32 Å². The molecule has 4 rings (SSSR count). The van der Waals surface area contributed by atoms with E-state index in [0.717, 1.165) is 4.90 Å². The molecule has 0 radical (unpaired) electrons. The van der Waals surface area contributed by atoms with Crippen LogP contribution in [0.4, 0.5) is 13.6 Å². The smallest absolute Gasteiger partial charge is 0.329 e. The first-order valence-electron chi connectivity index (χ1n) is 9.56. The summed E-state index contributed by atoms with van der Waals surface area (Å²) in [5, 5.41) is 2.51. The Bertz CT molecular complexity index is 1180. The maximum atomic E-state index is 13.9. The highest BCUT2D eigenvalue weighted by atomic mass is 19.1. The largest absolute Gasteiger partial charge is 0.488 e. The first-order chi connectivity index (χ1) is 15.0. The minimum atomic E-state index is -0.635. The molecule has 1 aliphatic heterocycles. The zero-order chi connectivity index (χ0) is 21.8. The SMILES string of the molecule is O=C1NC(=Cc2ccccc2OCc2ccccc2F)C(=O)N1Cc1ccccc1F. The van der Waals surface area contributed by atoms with Crippen molar-refractivity contribution in [2.45, 2.75) is 13.2 Å². The molecule has 1 N–H and O–H groups in total. The van der Waals surface area contributed by atoms with E-state index in [9.17, 15) is 18.4 Å². The summed E-state index contributed by atoms with van der Waals surface area (Å²) < 4.78 is 33.5. The Labute approximate surface area is 177 Å². The van der Waals surface area contributed by atoms with Crippen LogP contribution in [-0.2, 0) is 17.9 Å². The summed E-state index contributed by atoms with van der Waals surface area (Å²) in [5.74, 6) is -1.02. The Kier molecular flexibility index (Phi) is 5.75. The molecule has 3 amide bonds. The molecule has 156 valence electrons. The zero-order valence-electron chi connectivity index (χ0n) is 16.3. The van der Waals surface area contributed by atoms with Gasteiger partial charge < -0.3 is 10.1 Å². The highest BCUT2D eigenvalue weighted by Gasteiger charge is 2.34. The van der Waals surface area contributed by atoms with Crippen molar-refractivity contribution in [3.05, 3.63) is 107 Å². The minimum Gasteiger partial charge on any atom is -0.488 e. The highest BCUT2D eigenvalue weighted by molar-refractivity contribution is 6.14. The lowest BCUT2D eigenvalue weighted by Crippen LogP contribution is -2.30. The molecule has 7 heteroatoms. The van der Waals surface area contributed by atoms with E-state index in [1.54, 1.807) is 48.5 Å². The number of nitrogens with zero attached hydrogens (tertiary/aromatic N) is 1. The van der Waals surface area contributed by atoms with Gasteiger partial charge in [-0.05, 0) is 24.3 Å². The van der Waals surface area contributed by atoms with E-state index >= 15 is 0 Å². The third-order valence-electron chi connectivity index (χ3n) is 4.81. The van der Waals surface area contributed by atoms with Crippen LogP contribution in [0.2, 0.25) is 0 Å². The first-order valence-corrected chi connectivity index (χ1v) is 9.56. The van der Waals surface area contributed by atoms with Crippen molar-refractivity contribution in [2.75, 3.05) is 0 Å². The second kappa shape index (κ2) is 8.79. The molecular weight excluding hydrogens is 402 g/mol. The van der Waals surface area contributed by atoms with Gasteiger partial charge in [0.1, 0.15) is 29.7 Å². The number of carbonyl (C=O) groups is 2. The van der Waals surface area contributed by atoms with Crippen LogP contribution in [0, 0.1) is 11.6 Å². The van der Waals surface area contributed by atoms with Crippen molar-refractivity contribution < 1.29 is 23.1 Å². The fraction of sp³-hybridized carbons (Fsp3) is 0.0833. The number of imide groups is 1. The van der Waals surface area contributed by atoms with Crippen LogP contribution in [0.5, 0.6) is 5.75 Å². The van der Waals surface area contributed by atoms with Gasteiger partial charge in [0.15, 0.2) is 0 Å². The van der Waals surface area contributed by atoms with Crippen molar-refractivity contribution >= 4 is 18.0 Å². The molecule has 1 heterocycles. The van der Waals surface area contributed by atoms with Gasteiger partial charge in [-0.15, -0.1) is 0 Å². The lowest BCUT2D eigenvalue weighted by Gasteiger charge is -2.12. The zero-order valence-corrected chi connectivity index (χ0v) is 16.3. The Morgan fingerprint density at radius 2 is 1.45 bits per heavy atom. The number of urea groups is 1. The van der Waals surface area contributed by atoms with Gasteiger partial charge in [0.2, 0.25) is 0 Å². The van der Waals surface area contributed by atoms with Gasteiger partial charge >= 0.3 is 6.03 Å². The van der Waals surface area contributed by atoms with Crippen LogP contribution < -0.4 is 10.1 Å². The number of amides is 3. The van der Waals surface area contributed by atoms with Crippen LogP contribution in [-0.4, -0.2) is 16.8 Å². The Morgan fingerprint density at radius 1 is 0.839 bits per heavy atom. The average molecular weight is 420 g/mol. The third kappa shape index (κ3) is 4.45. The van der Waals surface area contributed by atoms with E-state index in [-0.39, 0.29) is 30.2 Å². The number of carbonyl (C=O) groups excluding carboxylic acids is 2. The van der Waals surface area contributed by atoms with E-state index in [0.29, 0.717) is 16.9 Å². The third-order valence-corrected chi connectivity index (χ3v) is 4.81. The number of halogens is 2. The summed E-state index contributed by atoms with van der Waals surface area (Å²) in [4.78, 5) is 26.0. The van der Waals surface area contributed by atoms with Crippen molar-refractivity contribution in [1.29, 1.82) is 0 Å². The van der Waals surface area contributed by atoms with Gasteiger partial charge in [0, 0.05) is 16.7 Å². The molecule has 0 aromatic heterocycles. The number of para-hydroxylation sites is 1. The number of nitrogens with one attached hydrogen (secondary N) is 1. The maximum Gasteiger partial charge on any atom is 0.329 e. The number of hydrogen-bond donors (Lipinski definition) is 1. The summed E-state index contributed by atoms with van der Waals surface area (Å²) in [5.41, 5.74) is 1.21. The number of rotatable bonds is 6. The summed E-state index contributed by atoms with van der Waals surface area (Å²) in [6.07, 6.45) is 1.48. The molecule has 0 bridgehead atoms. The molecule has 1 saturated heterocycles. The highest BCUT2D eigenvalue weighted by Crippen LogP contribution is 2.25. The topological polar surface area (TPSA) is 58.6 Å². The molecule has 5 nitrogen and oxygen atoms in total. The van der Waals surface area contributed by atoms with Gasteiger partial charge in [-0.25, -0.2) is 13.6 Å². The van der Waals surface area contributed by atoms with E-state index in [1.807, 2.05) is 0 Å². The quantitative estimate of drug-likeness (QED) is 0.467. The summed E-state index contributed by atoms with van der Waals surface area (Å²) in [6, 6.07) is 18.5. The predicted octanol–water partition coefficient (Wildman–Crippen LogP) is 4.64. The summed E-state index contributed by atoms with van der Waals surface area (Å²) in [6.45, 7) is -0.174. The van der Waals surface area contributed by atoms with Crippen LogP contribution in [0.3, 0.4) is 0 Å². The lowest BCUT2D eigenvalue weighted by molar-refractivity contribution is -0.123. The molecule has 0 aliphatic carbocycles. The molecule has 0 unspecified atom stereocenters. The van der Waals surface area contributed by atoms with Crippen molar-refractivity contribution in [2.24, 2.45) is 0 Å². The maximum absolute atomic E-state index is 13.9. The monoisotopic (exact) mass is 420 g/mol. The normalized spacial score (nSPS) is 14.8. The van der Waals surface area contributed by atoms with Crippen LogP contribution >= 0.6 is 0 Å². The molecular formula is C24H18F2N2O3. The predicted molar refractivity (Wildman–Crippen MR) is 111 cm³/mol. The Hall–Kier alpha value is -4.00. The van der Waals surface area contributed by atoms with Crippen molar-refractivity contribution in [3.63, 3.8) is 0 Å². The number of ether oxygens (including phenoxy) is 1. The lowest BCUT2D eigenvalue weighted by atomic mass is 10.1. The van der Waals surface area contributed by atoms with E-state index in [1.165, 1.54) is 30.3 Å². The van der Waals surface area contributed by atoms with Crippen LogP contribution in [0.15, 0.2) is 78.5 Å². The van der Waals surface area contributed by atoms with Crippen molar-refractivity contribution in [1.82, 2.24) is 10.2 Å².